The average Bonchev–Trinajstić information content (AvgIpc) is 3.09. The number of ether oxygens (including phenoxy) is 5. The minimum absolute atomic E-state index is 0.127. The summed E-state index contributed by atoms with van der Waals surface area (Å²) in [5.74, 6) is -0.742. The van der Waals surface area contributed by atoms with Crippen LogP contribution in [0.2, 0.25) is 0 Å². The van der Waals surface area contributed by atoms with Gasteiger partial charge in [0.2, 0.25) is 0 Å². The van der Waals surface area contributed by atoms with Crippen LogP contribution in [0.15, 0.2) is 11.6 Å². The molecule has 2 rings (SSSR count). The number of esters is 1. The van der Waals surface area contributed by atoms with Gasteiger partial charge in [-0.2, -0.15) is 0 Å². The van der Waals surface area contributed by atoms with Crippen LogP contribution in [0.1, 0.15) is 47.3 Å². The molecule has 0 saturated heterocycles. The number of allylic oxidation sites excluding steroid dienone is 1. The second kappa shape index (κ2) is 10.4. The number of benzene rings is 1. The van der Waals surface area contributed by atoms with Gasteiger partial charge in [0.15, 0.2) is 0 Å². The van der Waals surface area contributed by atoms with E-state index in [0.717, 1.165) is 11.1 Å². The normalized spacial score (nSPS) is 15.4. The molecule has 1 aromatic rings. The molecule has 0 aliphatic carbocycles. The molecule has 2 atom stereocenters. The SMILES string of the molecule is CCOC(OC)Oc1c(CC=C(C)CC(N)C(=O)O)c(OC)c(C)c2c1C(=O)OC2. The molecule has 1 aromatic carbocycles. The third-order valence-electron chi connectivity index (χ3n) is 4.85. The van der Waals surface area contributed by atoms with E-state index >= 15 is 0 Å². The molecule has 3 N–H and O–H groups in total. The van der Waals surface area contributed by atoms with E-state index in [4.69, 9.17) is 34.5 Å². The summed E-state index contributed by atoms with van der Waals surface area (Å²) in [4.78, 5) is 23.5. The lowest BCUT2D eigenvalue weighted by Gasteiger charge is -2.23. The number of hydrogen-bond acceptors (Lipinski definition) is 8. The minimum atomic E-state index is -1.07. The molecule has 0 amide bonds. The van der Waals surface area contributed by atoms with Gasteiger partial charge >= 0.3 is 18.4 Å². The Balaban J connectivity index is 2.53. The highest BCUT2D eigenvalue weighted by molar-refractivity contribution is 5.98. The van der Waals surface area contributed by atoms with Crippen LogP contribution in [0.25, 0.3) is 0 Å². The molecule has 1 aliphatic rings. The standard InChI is InChI=1S/C21H29NO8/c1-6-28-21(27-5)30-18-13(8-7-11(2)9-15(22)19(23)24)17(26-4)12(3)14-10-29-20(25)16(14)18/h7,15,21H,6,8-10,22H2,1-5H3,(H,23,24). The number of carboxylic acid groups (broad SMARTS) is 1. The van der Waals surface area contributed by atoms with Crippen molar-refractivity contribution in [3.63, 3.8) is 0 Å². The third-order valence-corrected chi connectivity index (χ3v) is 4.85. The van der Waals surface area contributed by atoms with E-state index in [1.165, 1.54) is 14.2 Å². The molecule has 9 heteroatoms. The van der Waals surface area contributed by atoms with Crippen LogP contribution in [-0.4, -0.2) is 50.4 Å². The Bertz CT molecular complexity index is 833. The van der Waals surface area contributed by atoms with Gasteiger partial charge < -0.3 is 34.5 Å². The predicted octanol–water partition coefficient (Wildman–Crippen LogP) is 2.31. The summed E-state index contributed by atoms with van der Waals surface area (Å²) in [7, 11) is 2.97. The Morgan fingerprint density at radius 3 is 2.60 bits per heavy atom. The minimum Gasteiger partial charge on any atom is -0.496 e. The first-order valence-electron chi connectivity index (χ1n) is 9.59. The van der Waals surface area contributed by atoms with Gasteiger partial charge in [0.05, 0.1) is 13.7 Å². The van der Waals surface area contributed by atoms with Crippen LogP contribution in [0, 0.1) is 6.92 Å². The van der Waals surface area contributed by atoms with Crippen LogP contribution in [0.4, 0.5) is 0 Å². The van der Waals surface area contributed by atoms with Gasteiger partial charge in [0, 0.05) is 18.2 Å². The smallest absolute Gasteiger partial charge is 0.342 e. The van der Waals surface area contributed by atoms with Crippen LogP contribution in [0.3, 0.4) is 0 Å². The largest absolute Gasteiger partial charge is 0.496 e. The van der Waals surface area contributed by atoms with Gasteiger partial charge in [-0.1, -0.05) is 11.6 Å². The Kier molecular flexibility index (Phi) is 8.22. The molecule has 2 unspecified atom stereocenters. The molecule has 0 fully saturated rings. The fourth-order valence-corrected chi connectivity index (χ4v) is 3.32. The first-order chi connectivity index (χ1) is 14.2. The number of nitrogens with two attached hydrogens (primary N) is 1. The van der Waals surface area contributed by atoms with Gasteiger partial charge in [0.1, 0.15) is 29.7 Å². The molecule has 0 spiro atoms. The fourth-order valence-electron chi connectivity index (χ4n) is 3.32. The number of cyclic esters (lactones) is 1. The van der Waals surface area contributed by atoms with Crippen molar-refractivity contribution in [2.75, 3.05) is 20.8 Å². The highest BCUT2D eigenvalue weighted by Gasteiger charge is 2.34. The predicted molar refractivity (Wildman–Crippen MR) is 108 cm³/mol. The van der Waals surface area contributed by atoms with Gasteiger partial charge in [-0.25, -0.2) is 4.79 Å². The summed E-state index contributed by atoms with van der Waals surface area (Å²) in [5, 5.41) is 9.02. The number of fused-ring (bicyclic) bond motifs is 1. The zero-order valence-corrected chi connectivity index (χ0v) is 17.9. The first-order valence-corrected chi connectivity index (χ1v) is 9.59. The van der Waals surface area contributed by atoms with Gasteiger partial charge in [0.25, 0.3) is 0 Å². The number of aliphatic carboxylic acids is 1. The van der Waals surface area contributed by atoms with Gasteiger partial charge in [-0.15, -0.1) is 0 Å². The Hall–Kier alpha value is -2.62. The molecule has 30 heavy (non-hydrogen) atoms. The van der Waals surface area contributed by atoms with Crippen molar-refractivity contribution in [2.45, 2.75) is 52.7 Å². The zero-order valence-electron chi connectivity index (χ0n) is 17.9. The summed E-state index contributed by atoms with van der Waals surface area (Å²) in [6.07, 6.45) is 2.35. The molecule has 0 aromatic heterocycles. The Labute approximate surface area is 175 Å². The van der Waals surface area contributed by atoms with Crippen LogP contribution in [-0.2, 0) is 32.0 Å². The number of carboxylic acids is 1. The van der Waals surface area contributed by atoms with E-state index in [-0.39, 0.29) is 18.8 Å². The van der Waals surface area contributed by atoms with Crippen molar-refractivity contribution in [1.82, 2.24) is 0 Å². The van der Waals surface area contributed by atoms with Gasteiger partial charge in [-0.3, -0.25) is 4.79 Å². The summed E-state index contributed by atoms with van der Waals surface area (Å²) >= 11 is 0. The fraction of sp³-hybridized carbons (Fsp3) is 0.524. The summed E-state index contributed by atoms with van der Waals surface area (Å²) in [5.41, 5.74) is 8.80. The van der Waals surface area contributed by atoms with E-state index in [9.17, 15) is 9.59 Å². The topological polar surface area (TPSA) is 127 Å². The van der Waals surface area contributed by atoms with Crippen LogP contribution in [0.5, 0.6) is 11.5 Å². The molecule has 9 nitrogen and oxygen atoms in total. The molecule has 0 radical (unpaired) electrons. The first kappa shape index (κ1) is 23.7. The van der Waals surface area contributed by atoms with E-state index in [1.54, 1.807) is 13.8 Å². The maximum Gasteiger partial charge on any atom is 0.342 e. The number of hydrogen-bond donors (Lipinski definition) is 2. The lowest BCUT2D eigenvalue weighted by Crippen LogP contribution is -2.30. The quantitative estimate of drug-likeness (QED) is 0.313. The molecular weight excluding hydrogens is 394 g/mol. The highest BCUT2D eigenvalue weighted by Crippen LogP contribution is 2.43. The molecular formula is C21H29NO8. The highest BCUT2D eigenvalue weighted by atomic mass is 16.8. The second-order valence-electron chi connectivity index (χ2n) is 6.90. The van der Waals surface area contributed by atoms with Crippen LogP contribution < -0.4 is 15.2 Å². The molecule has 166 valence electrons. The molecule has 1 aliphatic heterocycles. The average molecular weight is 423 g/mol. The van der Waals surface area contributed by atoms with Crippen molar-refractivity contribution < 1.29 is 38.4 Å². The maximum absolute atomic E-state index is 12.5. The summed E-state index contributed by atoms with van der Waals surface area (Å²) in [6.45, 7) is 4.88. The number of carbonyl (C=O) groups is 2. The lowest BCUT2D eigenvalue weighted by molar-refractivity contribution is -0.231. The van der Waals surface area contributed by atoms with Crippen molar-refractivity contribution in [3.05, 3.63) is 33.9 Å². The second-order valence-corrected chi connectivity index (χ2v) is 6.90. The Morgan fingerprint density at radius 1 is 1.33 bits per heavy atom. The number of carbonyl (C=O) groups excluding carboxylic acids is 1. The Morgan fingerprint density at radius 2 is 2.03 bits per heavy atom. The van der Waals surface area contributed by atoms with Crippen molar-refractivity contribution in [1.29, 1.82) is 0 Å². The van der Waals surface area contributed by atoms with E-state index in [0.29, 0.717) is 35.5 Å². The maximum atomic E-state index is 12.5. The molecule has 0 saturated carbocycles. The van der Waals surface area contributed by atoms with E-state index < -0.39 is 24.5 Å². The zero-order chi connectivity index (χ0) is 22.4. The number of rotatable bonds is 11. The molecule has 1 heterocycles. The van der Waals surface area contributed by atoms with Crippen LogP contribution >= 0.6 is 0 Å². The molecule has 0 bridgehead atoms. The van der Waals surface area contributed by atoms with E-state index in [1.807, 2.05) is 13.0 Å². The third kappa shape index (κ3) is 5.10. The number of methoxy groups -OCH3 is 2. The lowest BCUT2D eigenvalue weighted by atomic mass is 9.94. The summed E-state index contributed by atoms with van der Waals surface area (Å²) < 4.78 is 27.4. The van der Waals surface area contributed by atoms with Crippen molar-refractivity contribution in [2.24, 2.45) is 5.73 Å². The van der Waals surface area contributed by atoms with Gasteiger partial charge in [-0.05, 0) is 39.2 Å². The van der Waals surface area contributed by atoms with Crippen molar-refractivity contribution >= 4 is 11.9 Å². The van der Waals surface area contributed by atoms with E-state index in [2.05, 4.69) is 0 Å². The summed E-state index contributed by atoms with van der Waals surface area (Å²) in [6, 6.07) is -0.994. The van der Waals surface area contributed by atoms with Crippen molar-refractivity contribution in [3.8, 4) is 11.5 Å². The monoisotopic (exact) mass is 423 g/mol.